The number of hydrogen-bond donors (Lipinski definition) is 0. The summed E-state index contributed by atoms with van der Waals surface area (Å²) in [5, 5.41) is 2.72. The fourth-order valence-corrected chi connectivity index (χ4v) is 2.43. The number of nitrogens with zero attached hydrogens (tertiary/aromatic N) is 1. The van der Waals surface area contributed by atoms with Crippen molar-refractivity contribution in [2.24, 2.45) is 0 Å². The van der Waals surface area contributed by atoms with Gasteiger partial charge in [0, 0.05) is 10.2 Å². The van der Waals surface area contributed by atoms with Crippen LogP contribution in [0.2, 0.25) is 0 Å². The Morgan fingerprint density at radius 3 is 3.14 bits per heavy atom. The summed E-state index contributed by atoms with van der Waals surface area (Å²) in [6.45, 7) is 1.35. The molecule has 1 aromatic rings. The number of alkyl halides is 1. The van der Waals surface area contributed by atoms with Gasteiger partial charge in [-0.3, -0.25) is 4.90 Å². The van der Waals surface area contributed by atoms with Gasteiger partial charge >= 0.3 is 6.09 Å². The van der Waals surface area contributed by atoms with Gasteiger partial charge < -0.3 is 4.74 Å². The van der Waals surface area contributed by atoms with Crippen molar-refractivity contribution in [1.29, 1.82) is 0 Å². The lowest BCUT2D eigenvalue weighted by atomic mass is 10.4. The Morgan fingerprint density at radius 2 is 2.57 bits per heavy atom. The normalized spacial score (nSPS) is 21.4. The van der Waals surface area contributed by atoms with Crippen LogP contribution in [0.25, 0.3) is 0 Å². The van der Waals surface area contributed by atoms with Crippen molar-refractivity contribution in [2.75, 3.05) is 11.9 Å². The molecule has 0 aliphatic carbocycles. The van der Waals surface area contributed by atoms with E-state index in [2.05, 4.69) is 15.9 Å². The molecule has 14 heavy (non-hydrogen) atoms. The number of ether oxygens (including phenoxy) is 1. The van der Waals surface area contributed by atoms with Crippen LogP contribution in [0.4, 0.5) is 4.79 Å². The fraction of sp³-hybridized carbons (Fsp3) is 0.444. The minimum atomic E-state index is -0.206. The molecule has 0 radical (unpaired) electrons. The first-order valence-corrected chi connectivity index (χ1v) is 6.33. The number of hydrogen-bond acceptors (Lipinski definition) is 3. The molecule has 1 saturated heterocycles. The van der Waals surface area contributed by atoms with Crippen LogP contribution >= 0.6 is 27.3 Å². The van der Waals surface area contributed by atoms with Gasteiger partial charge in [0.15, 0.2) is 0 Å². The van der Waals surface area contributed by atoms with Crippen LogP contribution in [0.5, 0.6) is 0 Å². The van der Waals surface area contributed by atoms with Crippen molar-refractivity contribution >= 4 is 33.4 Å². The van der Waals surface area contributed by atoms with Crippen LogP contribution in [0.1, 0.15) is 4.88 Å². The third-order valence-corrected chi connectivity index (χ3v) is 3.63. The lowest BCUT2D eigenvalue weighted by Crippen LogP contribution is -2.24. The molecular formula is C9H10BrNO2S. The third-order valence-electron chi connectivity index (χ3n) is 2.05. The summed E-state index contributed by atoms with van der Waals surface area (Å²) < 4.78 is 5.12. The minimum Gasteiger partial charge on any atom is -0.443 e. The van der Waals surface area contributed by atoms with Gasteiger partial charge in [-0.15, -0.1) is 11.3 Å². The van der Waals surface area contributed by atoms with Crippen LogP contribution in [0.3, 0.4) is 0 Å². The van der Waals surface area contributed by atoms with Gasteiger partial charge in [-0.2, -0.15) is 0 Å². The molecule has 0 saturated carbocycles. The van der Waals surface area contributed by atoms with Gasteiger partial charge in [0.25, 0.3) is 0 Å². The van der Waals surface area contributed by atoms with E-state index in [1.54, 1.807) is 16.2 Å². The first-order valence-electron chi connectivity index (χ1n) is 4.33. The molecule has 1 unspecified atom stereocenters. The molecule has 0 spiro atoms. The van der Waals surface area contributed by atoms with Crippen molar-refractivity contribution in [1.82, 2.24) is 4.90 Å². The summed E-state index contributed by atoms with van der Waals surface area (Å²) in [4.78, 5) is 14.3. The lowest BCUT2D eigenvalue weighted by Gasteiger charge is -2.10. The van der Waals surface area contributed by atoms with Crippen LogP contribution in [0.15, 0.2) is 17.5 Å². The lowest BCUT2D eigenvalue weighted by molar-refractivity contribution is 0.139. The third kappa shape index (κ3) is 2.09. The highest BCUT2D eigenvalue weighted by molar-refractivity contribution is 9.09. The number of thiophene rings is 1. The molecule has 1 aliphatic heterocycles. The Labute approximate surface area is 94.8 Å². The molecule has 5 heteroatoms. The molecule has 2 heterocycles. The van der Waals surface area contributed by atoms with Gasteiger partial charge in [-0.05, 0) is 11.4 Å². The van der Waals surface area contributed by atoms with E-state index < -0.39 is 0 Å². The molecule has 3 nitrogen and oxygen atoms in total. The second-order valence-corrected chi connectivity index (χ2v) is 4.80. The van der Waals surface area contributed by atoms with Crippen molar-refractivity contribution in [3.05, 3.63) is 22.4 Å². The average Bonchev–Trinajstić information content (AvgIpc) is 2.78. The number of amides is 1. The molecule has 1 atom stereocenters. The van der Waals surface area contributed by atoms with E-state index in [0.717, 1.165) is 0 Å². The molecule has 1 fully saturated rings. The van der Waals surface area contributed by atoms with E-state index in [9.17, 15) is 4.79 Å². The highest BCUT2D eigenvalue weighted by Gasteiger charge is 2.30. The van der Waals surface area contributed by atoms with Crippen LogP contribution in [0, 0.1) is 0 Å². The maximum Gasteiger partial charge on any atom is 0.410 e. The zero-order valence-corrected chi connectivity index (χ0v) is 9.88. The number of halogens is 1. The topological polar surface area (TPSA) is 29.5 Å². The Morgan fingerprint density at radius 1 is 1.71 bits per heavy atom. The van der Waals surface area contributed by atoms with Crippen molar-refractivity contribution in [3.8, 4) is 0 Å². The molecule has 1 aliphatic rings. The maximum absolute atomic E-state index is 11.4. The quantitative estimate of drug-likeness (QED) is 0.794. The SMILES string of the molecule is O=C1OC(CBr)CN1Cc1cccs1. The standard InChI is InChI=1S/C9H10BrNO2S/c10-4-7-5-11(9(12)13-7)6-8-2-1-3-14-8/h1-3,7H,4-6H2. The van der Waals surface area contributed by atoms with Crippen molar-refractivity contribution in [3.63, 3.8) is 0 Å². The zero-order chi connectivity index (χ0) is 9.97. The second-order valence-electron chi connectivity index (χ2n) is 3.12. The smallest absolute Gasteiger partial charge is 0.410 e. The molecule has 1 amide bonds. The summed E-state index contributed by atoms with van der Waals surface area (Å²) in [7, 11) is 0. The predicted octanol–water partition coefficient (Wildman–Crippen LogP) is 2.46. The molecule has 0 N–H and O–H groups in total. The molecule has 1 aromatic heterocycles. The monoisotopic (exact) mass is 275 g/mol. The second kappa shape index (κ2) is 4.31. The summed E-state index contributed by atoms with van der Waals surface area (Å²) in [6.07, 6.45) is -0.203. The van der Waals surface area contributed by atoms with Gasteiger partial charge in [-0.1, -0.05) is 22.0 Å². The predicted molar refractivity (Wildman–Crippen MR) is 58.8 cm³/mol. The molecule has 0 bridgehead atoms. The van der Waals surface area contributed by atoms with Gasteiger partial charge in [-0.25, -0.2) is 4.79 Å². The van der Waals surface area contributed by atoms with Crippen molar-refractivity contribution < 1.29 is 9.53 Å². The Balaban J connectivity index is 1.96. The van der Waals surface area contributed by atoms with Gasteiger partial charge in [0.05, 0.1) is 13.1 Å². The van der Waals surface area contributed by atoms with E-state index in [0.29, 0.717) is 18.4 Å². The van der Waals surface area contributed by atoms with E-state index >= 15 is 0 Å². The van der Waals surface area contributed by atoms with Crippen LogP contribution in [-0.4, -0.2) is 29.0 Å². The largest absolute Gasteiger partial charge is 0.443 e. The number of carbonyl (C=O) groups excluding carboxylic acids is 1. The molecular weight excluding hydrogens is 266 g/mol. The minimum absolute atomic E-state index is 0.00228. The molecule has 2 rings (SSSR count). The van der Waals surface area contributed by atoms with Crippen LogP contribution < -0.4 is 0 Å². The van der Waals surface area contributed by atoms with E-state index in [-0.39, 0.29) is 12.2 Å². The van der Waals surface area contributed by atoms with E-state index in [1.165, 1.54) is 4.88 Å². The van der Waals surface area contributed by atoms with Gasteiger partial charge in [0.1, 0.15) is 6.10 Å². The van der Waals surface area contributed by atoms with Gasteiger partial charge in [0.2, 0.25) is 0 Å². The number of carbonyl (C=O) groups is 1. The highest BCUT2D eigenvalue weighted by Crippen LogP contribution is 2.18. The Hall–Kier alpha value is -0.550. The van der Waals surface area contributed by atoms with E-state index in [1.807, 2.05) is 17.5 Å². The van der Waals surface area contributed by atoms with Crippen molar-refractivity contribution in [2.45, 2.75) is 12.6 Å². The molecule has 76 valence electrons. The van der Waals surface area contributed by atoms with Crippen LogP contribution in [-0.2, 0) is 11.3 Å². The first-order chi connectivity index (χ1) is 6.79. The first kappa shape index (κ1) is 9.98. The summed E-state index contributed by atoms with van der Waals surface area (Å²) in [6, 6.07) is 4.02. The number of cyclic esters (lactones) is 1. The average molecular weight is 276 g/mol. The van der Waals surface area contributed by atoms with E-state index in [4.69, 9.17) is 4.74 Å². The molecule has 0 aromatic carbocycles. The maximum atomic E-state index is 11.4. The fourth-order valence-electron chi connectivity index (χ4n) is 1.37. The summed E-state index contributed by atoms with van der Waals surface area (Å²) in [5.74, 6) is 0. The summed E-state index contributed by atoms with van der Waals surface area (Å²) in [5.41, 5.74) is 0. The zero-order valence-electron chi connectivity index (χ0n) is 7.48. The highest BCUT2D eigenvalue weighted by atomic mass is 79.9. The summed E-state index contributed by atoms with van der Waals surface area (Å²) >= 11 is 4.97. The Bertz CT molecular complexity index is 315. The number of rotatable bonds is 3. The Kier molecular flexibility index (Phi) is 3.08.